The van der Waals surface area contributed by atoms with Gasteiger partial charge in [0.25, 0.3) is 5.91 Å². The first-order valence-corrected chi connectivity index (χ1v) is 11.7. The third-order valence-electron chi connectivity index (χ3n) is 5.98. The molecule has 4 rings (SSSR count). The van der Waals surface area contributed by atoms with Gasteiger partial charge in [-0.3, -0.25) is 4.79 Å². The van der Waals surface area contributed by atoms with E-state index in [-0.39, 0.29) is 5.91 Å². The topological polar surface area (TPSA) is 83.2 Å². The molecule has 3 heterocycles. The molecule has 1 amide bonds. The maximum absolute atomic E-state index is 12.5. The van der Waals surface area contributed by atoms with E-state index in [0.29, 0.717) is 37.4 Å². The number of aliphatic imine (C=N–C) groups is 1. The van der Waals surface area contributed by atoms with Crippen LogP contribution < -0.4 is 10.1 Å². The van der Waals surface area contributed by atoms with Crippen LogP contribution in [0, 0.1) is 0 Å². The van der Waals surface area contributed by atoms with E-state index < -0.39 is 0 Å². The zero-order valence-corrected chi connectivity index (χ0v) is 18.8. The fourth-order valence-electron chi connectivity index (χ4n) is 4.20. The van der Waals surface area contributed by atoms with Gasteiger partial charge in [-0.1, -0.05) is 12.5 Å². The lowest BCUT2D eigenvalue weighted by atomic mass is 9.98. The Morgan fingerprint density at radius 2 is 1.94 bits per heavy atom. The molecule has 0 radical (unpaired) electrons. The molecule has 2 fully saturated rings. The molecular weight excluding hydrogens is 406 g/mol. The molecule has 1 aliphatic carbocycles. The van der Waals surface area contributed by atoms with Crippen LogP contribution in [0.3, 0.4) is 0 Å². The quantitative estimate of drug-likeness (QED) is 0.549. The molecule has 32 heavy (non-hydrogen) atoms. The van der Waals surface area contributed by atoms with Gasteiger partial charge in [-0.05, 0) is 50.3 Å². The summed E-state index contributed by atoms with van der Waals surface area (Å²) < 4.78 is 11.3. The average molecular weight is 440 g/mol. The summed E-state index contributed by atoms with van der Waals surface area (Å²) >= 11 is 0. The molecule has 8 heteroatoms. The summed E-state index contributed by atoms with van der Waals surface area (Å²) in [6.07, 6.45) is 9.74. The second-order valence-electron chi connectivity index (χ2n) is 8.31. The lowest BCUT2D eigenvalue weighted by Crippen LogP contribution is -2.53. The Balaban J connectivity index is 1.30. The minimum absolute atomic E-state index is 0.0572. The molecule has 0 aromatic carbocycles. The van der Waals surface area contributed by atoms with Gasteiger partial charge in [-0.25, -0.2) is 9.98 Å². The molecule has 1 N–H and O–H groups in total. The number of amides is 1. The van der Waals surface area contributed by atoms with E-state index in [1.807, 2.05) is 23.2 Å². The molecule has 172 valence electrons. The van der Waals surface area contributed by atoms with Gasteiger partial charge in [0.15, 0.2) is 11.7 Å². The molecule has 0 unspecified atom stereocenters. The van der Waals surface area contributed by atoms with Crippen LogP contribution >= 0.6 is 0 Å². The molecule has 2 aliphatic rings. The fourth-order valence-corrected chi connectivity index (χ4v) is 4.20. The van der Waals surface area contributed by atoms with Gasteiger partial charge < -0.3 is 24.3 Å². The van der Waals surface area contributed by atoms with E-state index in [2.05, 4.69) is 22.1 Å². The predicted molar refractivity (Wildman–Crippen MR) is 123 cm³/mol. The second-order valence-corrected chi connectivity index (χ2v) is 8.31. The van der Waals surface area contributed by atoms with Gasteiger partial charge in [0, 0.05) is 45.0 Å². The highest BCUT2D eigenvalue weighted by Gasteiger charge is 2.25. The van der Waals surface area contributed by atoms with Crippen molar-refractivity contribution in [3.05, 3.63) is 48.0 Å². The maximum Gasteiger partial charge on any atom is 0.289 e. The number of carbonyl (C=O) groups is 1. The Morgan fingerprint density at radius 1 is 1.16 bits per heavy atom. The van der Waals surface area contributed by atoms with Gasteiger partial charge in [0.1, 0.15) is 6.10 Å². The van der Waals surface area contributed by atoms with Crippen LogP contribution in [0.25, 0.3) is 0 Å². The fraction of sp³-hybridized carbons (Fsp3) is 0.542. The number of nitrogens with one attached hydrogen (secondary N) is 1. The van der Waals surface area contributed by atoms with Crippen molar-refractivity contribution in [2.75, 3.05) is 32.7 Å². The van der Waals surface area contributed by atoms with E-state index in [1.54, 1.807) is 12.1 Å². The van der Waals surface area contributed by atoms with Crippen molar-refractivity contribution in [1.82, 2.24) is 20.1 Å². The van der Waals surface area contributed by atoms with Crippen LogP contribution in [0.15, 0.2) is 46.1 Å². The molecule has 8 nitrogen and oxygen atoms in total. The highest BCUT2D eigenvalue weighted by Crippen LogP contribution is 2.22. The summed E-state index contributed by atoms with van der Waals surface area (Å²) in [5.74, 6) is 1.90. The number of piperazine rings is 1. The molecule has 1 aliphatic heterocycles. The molecule has 1 saturated heterocycles. The van der Waals surface area contributed by atoms with Crippen LogP contribution in [0.4, 0.5) is 0 Å². The number of pyridine rings is 1. The predicted octanol–water partition coefficient (Wildman–Crippen LogP) is 3.31. The Kier molecular flexibility index (Phi) is 7.64. The SMILES string of the molecule is CCNC(=NCc1ccc(OC2CCCCC2)nc1)N1CCN(C(=O)c2ccco2)CC1. The Morgan fingerprint density at radius 3 is 2.59 bits per heavy atom. The monoisotopic (exact) mass is 439 g/mol. The summed E-state index contributed by atoms with van der Waals surface area (Å²) in [6.45, 7) is 6.12. The number of rotatable bonds is 6. The molecule has 0 spiro atoms. The first-order valence-electron chi connectivity index (χ1n) is 11.7. The minimum atomic E-state index is -0.0572. The van der Waals surface area contributed by atoms with Gasteiger partial charge in [0.05, 0.1) is 12.8 Å². The first kappa shape index (κ1) is 22.2. The van der Waals surface area contributed by atoms with E-state index in [0.717, 1.165) is 44.0 Å². The van der Waals surface area contributed by atoms with Crippen molar-refractivity contribution in [3.8, 4) is 5.88 Å². The van der Waals surface area contributed by atoms with Crippen molar-refractivity contribution >= 4 is 11.9 Å². The lowest BCUT2D eigenvalue weighted by molar-refractivity contribution is 0.0657. The van der Waals surface area contributed by atoms with E-state index in [4.69, 9.17) is 14.1 Å². The normalized spacial score (nSPS) is 18.0. The Labute approximate surface area is 189 Å². The summed E-state index contributed by atoms with van der Waals surface area (Å²) in [7, 11) is 0. The minimum Gasteiger partial charge on any atom is -0.474 e. The van der Waals surface area contributed by atoms with Gasteiger partial charge >= 0.3 is 0 Å². The smallest absolute Gasteiger partial charge is 0.289 e. The standard InChI is InChI=1S/C24H33N5O3/c1-2-25-24(29-14-12-28(13-15-29)23(30)21-9-6-16-31-21)27-18-19-10-11-22(26-17-19)32-20-7-4-3-5-8-20/h6,9-11,16-17,20H,2-5,7-8,12-15,18H2,1H3,(H,25,27). The van der Waals surface area contributed by atoms with Crippen LogP contribution in [0.2, 0.25) is 0 Å². The zero-order valence-electron chi connectivity index (χ0n) is 18.8. The van der Waals surface area contributed by atoms with Crippen molar-refractivity contribution in [1.29, 1.82) is 0 Å². The number of guanidine groups is 1. The largest absolute Gasteiger partial charge is 0.474 e. The lowest BCUT2D eigenvalue weighted by Gasteiger charge is -2.36. The van der Waals surface area contributed by atoms with Crippen molar-refractivity contribution < 1.29 is 13.9 Å². The highest BCUT2D eigenvalue weighted by molar-refractivity contribution is 5.91. The van der Waals surface area contributed by atoms with Crippen LogP contribution in [-0.4, -0.2) is 65.5 Å². The Bertz CT molecular complexity index is 868. The number of aromatic nitrogens is 1. The molecule has 2 aromatic heterocycles. The number of carbonyl (C=O) groups excluding carboxylic acids is 1. The zero-order chi connectivity index (χ0) is 22.2. The molecule has 0 atom stereocenters. The van der Waals surface area contributed by atoms with Gasteiger partial charge in [-0.15, -0.1) is 0 Å². The molecular formula is C24H33N5O3. The molecule has 0 bridgehead atoms. The molecule has 2 aromatic rings. The van der Waals surface area contributed by atoms with E-state index in [1.165, 1.54) is 25.5 Å². The average Bonchev–Trinajstić information content (AvgIpc) is 3.38. The second kappa shape index (κ2) is 11.0. The third kappa shape index (κ3) is 5.81. The summed E-state index contributed by atoms with van der Waals surface area (Å²) in [4.78, 5) is 25.8. The molecule has 1 saturated carbocycles. The van der Waals surface area contributed by atoms with Crippen LogP contribution in [0.5, 0.6) is 5.88 Å². The van der Waals surface area contributed by atoms with Crippen molar-refractivity contribution in [2.45, 2.75) is 51.7 Å². The van der Waals surface area contributed by atoms with E-state index >= 15 is 0 Å². The van der Waals surface area contributed by atoms with Crippen LogP contribution in [0.1, 0.15) is 55.1 Å². The number of hydrogen-bond acceptors (Lipinski definition) is 5. The van der Waals surface area contributed by atoms with Crippen molar-refractivity contribution in [3.63, 3.8) is 0 Å². The van der Waals surface area contributed by atoms with Gasteiger partial charge in [-0.2, -0.15) is 0 Å². The van der Waals surface area contributed by atoms with Crippen LogP contribution in [-0.2, 0) is 6.54 Å². The van der Waals surface area contributed by atoms with Crippen molar-refractivity contribution in [2.24, 2.45) is 4.99 Å². The first-order chi connectivity index (χ1) is 15.7. The van der Waals surface area contributed by atoms with E-state index in [9.17, 15) is 4.79 Å². The summed E-state index contributed by atoms with van der Waals surface area (Å²) in [5.41, 5.74) is 1.04. The number of furan rings is 1. The Hall–Kier alpha value is -3.03. The number of hydrogen-bond donors (Lipinski definition) is 1. The third-order valence-corrected chi connectivity index (χ3v) is 5.98. The summed E-state index contributed by atoms with van der Waals surface area (Å²) in [5, 5.41) is 3.37. The van der Waals surface area contributed by atoms with Gasteiger partial charge in [0.2, 0.25) is 5.88 Å². The number of nitrogens with zero attached hydrogens (tertiary/aromatic N) is 4. The summed E-state index contributed by atoms with van der Waals surface area (Å²) in [6, 6.07) is 7.44. The number of ether oxygens (including phenoxy) is 1. The maximum atomic E-state index is 12.5. The highest BCUT2D eigenvalue weighted by atomic mass is 16.5.